The smallest absolute Gasteiger partial charge is 0.337 e. The van der Waals surface area contributed by atoms with Crippen LogP contribution >= 0.6 is 0 Å². The Labute approximate surface area is 242 Å². The van der Waals surface area contributed by atoms with E-state index in [0.717, 1.165) is 83.5 Å². The van der Waals surface area contributed by atoms with Crippen LogP contribution in [0.2, 0.25) is 0 Å². The standard InChI is InChI=1S/C32H58O8/c1-5-8-11-14-17-20-23-31(29(36)37,27(26(4)33)22-19-16-13-10-7-3)32(30(38)39,25-28(34)35)40-24-21-18-15-12-9-6-2/h27H,5-25H2,1-4H3,(H,34,35)(H,36,37)(H,38,39). The first-order chi connectivity index (χ1) is 19.1. The van der Waals surface area contributed by atoms with Crippen LogP contribution in [0.1, 0.15) is 156 Å². The summed E-state index contributed by atoms with van der Waals surface area (Å²) in [6, 6.07) is 0. The molecule has 0 aliphatic rings. The highest BCUT2D eigenvalue weighted by Gasteiger charge is 2.67. The molecule has 0 saturated heterocycles. The van der Waals surface area contributed by atoms with Gasteiger partial charge in [0.15, 0.2) is 5.60 Å². The number of carboxylic acids is 3. The molecule has 8 heteroatoms. The molecule has 0 rings (SSSR count). The first-order valence-electron chi connectivity index (χ1n) is 15.9. The lowest BCUT2D eigenvalue weighted by atomic mass is 9.57. The summed E-state index contributed by atoms with van der Waals surface area (Å²) in [5.41, 5.74) is -4.75. The van der Waals surface area contributed by atoms with Crippen LogP contribution in [0.15, 0.2) is 0 Å². The summed E-state index contributed by atoms with van der Waals surface area (Å²) in [7, 11) is 0. The zero-order valence-corrected chi connectivity index (χ0v) is 25.8. The molecule has 0 radical (unpaired) electrons. The molecule has 234 valence electrons. The molecule has 0 amide bonds. The van der Waals surface area contributed by atoms with Gasteiger partial charge in [-0.2, -0.15) is 0 Å². The maximum Gasteiger partial charge on any atom is 0.337 e. The monoisotopic (exact) mass is 570 g/mol. The molecule has 0 saturated carbocycles. The van der Waals surface area contributed by atoms with Crippen LogP contribution in [0, 0.1) is 11.3 Å². The Morgan fingerprint density at radius 3 is 1.50 bits per heavy atom. The van der Waals surface area contributed by atoms with E-state index in [4.69, 9.17) is 4.74 Å². The molecular formula is C32H58O8. The second-order valence-electron chi connectivity index (χ2n) is 11.5. The van der Waals surface area contributed by atoms with Gasteiger partial charge in [-0.1, -0.05) is 124 Å². The van der Waals surface area contributed by atoms with Crippen molar-refractivity contribution in [2.45, 2.75) is 162 Å². The van der Waals surface area contributed by atoms with E-state index in [0.29, 0.717) is 25.7 Å². The predicted octanol–water partition coefficient (Wildman–Crippen LogP) is 8.05. The van der Waals surface area contributed by atoms with Crippen molar-refractivity contribution in [2.24, 2.45) is 11.3 Å². The average Bonchev–Trinajstić information content (AvgIpc) is 2.89. The van der Waals surface area contributed by atoms with E-state index in [1.54, 1.807) is 0 Å². The number of carbonyl (C=O) groups excluding carboxylic acids is 1. The first-order valence-corrected chi connectivity index (χ1v) is 15.9. The number of hydrogen-bond donors (Lipinski definition) is 3. The molecule has 3 unspecified atom stereocenters. The molecule has 3 atom stereocenters. The van der Waals surface area contributed by atoms with Crippen LogP contribution < -0.4 is 0 Å². The Morgan fingerprint density at radius 1 is 0.625 bits per heavy atom. The number of ether oxygens (including phenoxy) is 1. The molecule has 0 fully saturated rings. The van der Waals surface area contributed by atoms with Gasteiger partial charge in [-0.3, -0.25) is 14.4 Å². The fraction of sp³-hybridized carbons (Fsp3) is 0.875. The Bertz CT molecular complexity index is 736. The van der Waals surface area contributed by atoms with E-state index < -0.39 is 47.0 Å². The molecule has 40 heavy (non-hydrogen) atoms. The molecule has 0 heterocycles. The Balaban J connectivity index is 6.51. The topological polar surface area (TPSA) is 138 Å². The maximum absolute atomic E-state index is 13.3. The second kappa shape index (κ2) is 21.7. The number of carboxylic acid groups (broad SMARTS) is 3. The third-order valence-corrected chi connectivity index (χ3v) is 8.30. The first kappa shape index (κ1) is 38.0. The van der Waals surface area contributed by atoms with Gasteiger partial charge in [0.05, 0.1) is 6.42 Å². The molecule has 0 aliphatic carbocycles. The fourth-order valence-electron chi connectivity index (χ4n) is 6.03. The molecule has 0 spiro atoms. The van der Waals surface area contributed by atoms with Crippen molar-refractivity contribution in [1.82, 2.24) is 0 Å². The van der Waals surface area contributed by atoms with Gasteiger partial charge in [0.2, 0.25) is 0 Å². The van der Waals surface area contributed by atoms with Gasteiger partial charge in [-0.15, -0.1) is 0 Å². The largest absolute Gasteiger partial charge is 0.481 e. The number of hydrogen-bond acceptors (Lipinski definition) is 5. The average molecular weight is 571 g/mol. The van der Waals surface area contributed by atoms with Crippen molar-refractivity contribution in [3.05, 3.63) is 0 Å². The summed E-state index contributed by atoms with van der Waals surface area (Å²) in [5.74, 6) is -6.12. The van der Waals surface area contributed by atoms with Crippen molar-refractivity contribution in [2.75, 3.05) is 6.61 Å². The van der Waals surface area contributed by atoms with E-state index in [1.807, 2.05) is 0 Å². The number of ketones is 1. The highest BCUT2D eigenvalue weighted by atomic mass is 16.5. The van der Waals surface area contributed by atoms with Crippen LogP contribution in [-0.4, -0.2) is 51.2 Å². The second-order valence-corrected chi connectivity index (χ2v) is 11.5. The zero-order valence-electron chi connectivity index (χ0n) is 25.8. The van der Waals surface area contributed by atoms with Crippen LogP contribution in [0.3, 0.4) is 0 Å². The summed E-state index contributed by atoms with van der Waals surface area (Å²) in [6.45, 7) is 7.53. The quantitative estimate of drug-likeness (QED) is 0.0803. The van der Waals surface area contributed by atoms with Gasteiger partial charge in [0.1, 0.15) is 11.2 Å². The molecule has 0 aliphatic heterocycles. The van der Waals surface area contributed by atoms with Crippen LogP contribution in [-0.2, 0) is 23.9 Å². The highest BCUT2D eigenvalue weighted by molar-refractivity contribution is 5.96. The lowest BCUT2D eigenvalue weighted by Crippen LogP contribution is -2.65. The van der Waals surface area contributed by atoms with Crippen LogP contribution in [0.4, 0.5) is 0 Å². The third-order valence-electron chi connectivity index (χ3n) is 8.30. The number of unbranched alkanes of at least 4 members (excludes halogenated alkanes) is 14. The Kier molecular flexibility index (Phi) is 20.7. The maximum atomic E-state index is 13.3. The van der Waals surface area contributed by atoms with Crippen molar-refractivity contribution < 1.29 is 39.2 Å². The Morgan fingerprint density at radius 2 is 1.07 bits per heavy atom. The highest BCUT2D eigenvalue weighted by Crippen LogP contribution is 2.51. The van der Waals surface area contributed by atoms with Gasteiger partial charge >= 0.3 is 17.9 Å². The van der Waals surface area contributed by atoms with Crippen molar-refractivity contribution in [3.8, 4) is 0 Å². The van der Waals surface area contributed by atoms with E-state index >= 15 is 0 Å². The van der Waals surface area contributed by atoms with E-state index in [9.17, 15) is 34.5 Å². The lowest BCUT2D eigenvalue weighted by molar-refractivity contribution is -0.215. The zero-order chi connectivity index (χ0) is 30.4. The molecule has 3 N–H and O–H groups in total. The minimum absolute atomic E-state index is 0.0711. The van der Waals surface area contributed by atoms with E-state index in [2.05, 4.69) is 20.8 Å². The summed E-state index contributed by atoms with van der Waals surface area (Å²) in [6.07, 6.45) is 13.8. The lowest BCUT2D eigenvalue weighted by Gasteiger charge is -2.48. The summed E-state index contributed by atoms with van der Waals surface area (Å²) >= 11 is 0. The molecule has 0 aromatic rings. The summed E-state index contributed by atoms with van der Waals surface area (Å²) in [5, 5.41) is 31.3. The minimum atomic E-state index is -2.56. The third kappa shape index (κ3) is 12.3. The number of rotatable bonds is 28. The SMILES string of the molecule is CCCCCCCCOC(CC(=O)O)(C(=O)O)C(CCCCCCCC)(C(=O)O)C(CCCCCCC)C(C)=O. The normalized spacial score (nSPS) is 15.2. The van der Waals surface area contributed by atoms with Gasteiger partial charge in [-0.25, -0.2) is 4.79 Å². The van der Waals surface area contributed by atoms with E-state index in [1.165, 1.54) is 6.92 Å². The van der Waals surface area contributed by atoms with Gasteiger partial charge < -0.3 is 20.1 Å². The molecule has 8 nitrogen and oxygen atoms in total. The molecular weight excluding hydrogens is 512 g/mol. The fourth-order valence-corrected chi connectivity index (χ4v) is 6.03. The van der Waals surface area contributed by atoms with Crippen LogP contribution in [0.5, 0.6) is 0 Å². The number of aliphatic carboxylic acids is 3. The van der Waals surface area contributed by atoms with Crippen LogP contribution in [0.25, 0.3) is 0 Å². The van der Waals surface area contributed by atoms with E-state index in [-0.39, 0.29) is 19.4 Å². The molecule has 0 aromatic heterocycles. The number of carbonyl (C=O) groups is 4. The van der Waals surface area contributed by atoms with Crippen molar-refractivity contribution in [3.63, 3.8) is 0 Å². The van der Waals surface area contributed by atoms with Gasteiger partial charge in [-0.05, 0) is 26.2 Å². The summed E-state index contributed by atoms with van der Waals surface area (Å²) < 4.78 is 5.99. The Hall–Kier alpha value is -1.96. The van der Waals surface area contributed by atoms with Gasteiger partial charge in [0, 0.05) is 12.5 Å². The molecule has 0 aromatic carbocycles. The van der Waals surface area contributed by atoms with Crippen molar-refractivity contribution >= 4 is 23.7 Å². The minimum Gasteiger partial charge on any atom is -0.481 e. The summed E-state index contributed by atoms with van der Waals surface area (Å²) in [4.78, 5) is 51.7. The van der Waals surface area contributed by atoms with Crippen molar-refractivity contribution in [1.29, 1.82) is 0 Å². The molecule has 0 bridgehead atoms. The predicted molar refractivity (Wildman–Crippen MR) is 158 cm³/mol. The number of Topliss-reactive ketones (excluding diaryl/α,β-unsaturated/α-hetero) is 1. The van der Waals surface area contributed by atoms with Gasteiger partial charge in [0.25, 0.3) is 0 Å².